The second kappa shape index (κ2) is 8.30. The van der Waals surface area contributed by atoms with Crippen LogP contribution in [0.5, 0.6) is 5.75 Å². The maximum absolute atomic E-state index is 13.3. The van der Waals surface area contributed by atoms with Crippen molar-refractivity contribution in [3.05, 3.63) is 78.1 Å². The van der Waals surface area contributed by atoms with Gasteiger partial charge in [0.1, 0.15) is 5.75 Å². The SMILES string of the molecule is COc1ccc(C2CCCCCN2C(=O)c2ccc(-n3cccn3)cc2)cc1. The number of rotatable bonds is 4. The van der Waals surface area contributed by atoms with Crippen molar-refractivity contribution < 1.29 is 9.53 Å². The molecule has 28 heavy (non-hydrogen) atoms. The number of methoxy groups -OCH3 is 1. The van der Waals surface area contributed by atoms with E-state index in [1.165, 1.54) is 5.56 Å². The van der Waals surface area contributed by atoms with E-state index in [-0.39, 0.29) is 11.9 Å². The number of likely N-dealkylation sites (tertiary alicyclic amines) is 1. The predicted octanol–water partition coefficient (Wildman–Crippen LogP) is 4.64. The second-order valence-electron chi connectivity index (χ2n) is 7.13. The molecule has 0 aliphatic carbocycles. The number of carbonyl (C=O) groups is 1. The van der Waals surface area contributed by atoms with Crippen LogP contribution in [-0.2, 0) is 0 Å². The Morgan fingerprint density at radius 1 is 1.04 bits per heavy atom. The molecule has 2 heterocycles. The van der Waals surface area contributed by atoms with Crippen LogP contribution in [0, 0.1) is 0 Å². The van der Waals surface area contributed by atoms with Crippen molar-refractivity contribution in [1.29, 1.82) is 0 Å². The molecule has 1 unspecified atom stereocenters. The Balaban J connectivity index is 1.59. The topological polar surface area (TPSA) is 47.4 Å². The van der Waals surface area contributed by atoms with Crippen LogP contribution in [0.3, 0.4) is 0 Å². The minimum atomic E-state index is 0.0923. The van der Waals surface area contributed by atoms with E-state index in [4.69, 9.17) is 4.74 Å². The molecule has 0 radical (unpaired) electrons. The van der Waals surface area contributed by atoms with Gasteiger partial charge in [-0.15, -0.1) is 0 Å². The molecule has 0 N–H and O–H groups in total. The number of hydrogen-bond donors (Lipinski definition) is 0. The first-order valence-corrected chi connectivity index (χ1v) is 9.81. The number of nitrogens with zero attached hydrogens (tertiary/aromatic N) is 3. The minimum Gasteiger partial charge on any atom is -0.497 e. The van der Waals surface area contributed by atoms with Gasteiger partial charge < -0.3 is 9.64 Å². The molecule has 5 heteroatoms. The number of aromatic nitrogens is 2. The summed E-state index contributed by atoms with van der Waals surface area (Å²) >= 11 is 0. The molecule has 1 fully saturated rings. The number of benzene rings is 2. The fourth-order valence-corrected chi connectivity index (χ4v) is 3.87. The normalized spacial score (nSPS) is 17.2. The van der Waals surface area contributed by atoms with Crippen LogP contribution in [0.2, 0.25) is 0 Å². The molecule has 1 aromatic heterocycles. The Morgan fingerprint density at radius 2 is 1.82 bits per heavy atom. The number of carbonyl (C=O) groups excluding carboxylic acids is 1. The summed E-state index contributed by atoms with van der Waals surface area (Å²) in [5, 5.41) is 4.24. The van der Waals surface area contributed by atoms with E-state index in [1.807, 2.05) is 53.6 Å². The third kappa shape index (κ3) is 3.79. The molecule has 1 atom stereocenters. The predicted molar refractivity (Wildman–Crippen MR) is 109 cm³/mol. The molecule has 1 aliphatic rings. The molecular formula is C23H25N3O2. The van der Waals surface area contributed by atoms with Gasteiger partial charge in [-0.1, -0.05) is 25.0 Å². The average Bonchev–Trinajstić information content (AvgIpc) is 3.18. The first-order valence-electron chi connectivity index (χ1n) is 9.81. The summed E-state index contributed by atoms with van der Waals surface area (Å²) in [4.78, 5) is 15.4. The Labute approximate surface area is 165 Å². The van der Waals surface area contributed by atoms with E-state index in [0.29, 0.717) is 0 Å². The van der Waals surface area contributed by atoms with E-state index < -0.39 is 0 Å². The second-order valence-corrected chi connectivity index (χ2v) is 7.13. The van der Waals surface area contributed by atoms with Gasteiger partial charge in [-0.25, -0.2) is 4.68 Å². The largest absolute Gasteiger partial charge is 0.497 e. The molecule has 3 aromatic rings. The van der Waals surface area contributed by atoms with Gasteiger partial charge in [0.15, 0.2) is 0 Å². The van der Waals surface area contributed by atoms with Crippen LogP contribution < -0.4 is 4.74 Å². The van der Waals surface area contributed by atoms with Crippen LogP contribution >= 0.6 is 0 Å². The first-order chi connectivity index (χ1) is 13.8. The lowest BCUT2D eigenvalue weighted by molar-refractivity contribution is 0.0681. The van der Waals surface area contributed by atoms with Gasteiger partial charge in [0, 0.05) is 24.5 Å². The molecule has 2 aromatic carbocycles. The Hall–Kier alpha value is -3.08. The molecule has 4 rings (SSSR count). The molecule has 5 nitrogen and oxygen atoms in total. The van der Waals surface area contributed by atoms with Crippen LogP contribution in [-0.4, -0.2) is 34.2 Å². The van der Waals surface area contributed by atoms with E-state index >= 15 is 0 Å². The van der Waals surface area contributed by atoms with Gasteiger partial charge in [-0.3, -0.25) is 4.79 Å². The molecular weight excluding hydrogens is 350 g/mol. The lowest BCUT2D eigenvalue weighted by atomic mass is 10.00. The van der Waals surface area contributed by atoms with Gasteiger partial charge >= 0.3 is 0 Å². The third-order valence-electron chi connectivity index (χ3n) is 5.40. The quantitative estimate of drug-likeness (QED) is 0.667. The summed E-state index contributed by atoms with van der Waals surface area (Å²) in [6.07, 6.45) is 7.97. The highest BCUT2D eigenvalue weighted by molar-refractivity contribution is 5.94. The number of amides is 1. The van der Waals surface area contributed by atoms with Crippen molar-refractivity contribution in [2.24, 2.45) is 0 Å². The van der Waals surface area contributed by atoms with E-state index in [0.717, 1.165) is 49.2 Å². The molecule has 0 spiro atoms. The highest BCUT2D eigenvalue weighted by atomic mass is 16.5. The summed E-state index contributed by atoms with van der Waals surface area (Å²) in [6, 6.07) is 17.8. The molecule has 0 bridgehead atoms. The molecule has 1 saturated heterocycles. The van der Waals surface area contributed by atoms with Crippen LogP contribution in [0.1, 0.15) is 47.6 Å². The van der Waals surface area contributed by atoms with Gasteiger partial charge in [0.25, 0.3) is 5.91 Å². The zero-order valence-corrected chi connectivity index (χ0v) is 16.1. The third-order valence-corrected chi connectivity index (χ3v) is 5.40. The smallest absolute Gasteiger partial charge is 0.254 e. The summed E-state index contributed by atoms with van der Waals surface area (Å²) < 4.78 is 7.07. The fraction of sp³-hybridized carbons (Fsp3) is 0.304. The van der Waals surface area contributed by atoms with Gasteiger partial charge in [0.05, 0.1) is 18.8 Å². The maximum atomic E-state index is 13.3. The van der Waals surface area contributed by atoms with Crippen LogP contribution in [0.4, 0.5) is 0 Å². The lowest BCUT2D eigenvalue weighted by Gasteiger charge is -2.31. The van der Waals surface area contributed by atoms with E-state index in [9.17, 15) is 4.79 Å². The van der Waals surface area contributed by atoms with Crippen molar-refractivity contribution >= 4 is 5.91 Å². The van der Waals surface area contributed by atoms with Crippen molar-refractivity contribution in [2.75, 3.05) is 13.7 Å². The van der Waals surface area contributed by atoms with Crippen molar-refractivity contribution in [3.63, 3.8) is 0 Å². The molecule has 0 saturated carbocycles. The summed E-state index contributed by atoms with van der Waals surface area (Å²) in [6.45, 7) is 0.788. The monoisotopic (exact) mass is 375 g/mol. The van der Waals surface area contributed by atoms with Crippen molar-refractivity contribution in [2.45, 2.75) is 31.7 Å². The Bertz CT molecular complexity index is 902. The van der Waals surface area contributed by atoms with Gasteiger partial charge in [0.2, 0.25) is 0 Å². The van der Waals surface area contributed by atoms with E-state index in [1.54, 1.807) is 18.0 Å². The fourth-order valence-electron chi connectivity index (χ4n) is 3.87. The first kappa shape index (κ1) is 18.3. The lowest BCUT2D eigenvalue weighted by Crippen LogP contribution is -2.34. The zero-order chi connectivity index (χ0) is 19.3. The van der Waals surface area contributed by atoms with Crippen LogP contribution in [0.25, 0.3) is 5.69 Å². The highest BCUT2D eigenvalue weighted by Crippen LogP contribution is 2.32. The zero-order valence-electron chi connectivity index (χ0n) is 16.1. The number of hydrogen-bond acceptors (Lipinski definition) is 3. The van der Waals surface area contributed by atoms with E-state index in [2.05, 4.69) is 17.2 Å². The minimum absolute atomic E-state index is 0.0923. The Morgan fingerprint density at radius 3 is 2.50 bits per heavy atom. The van der Waals surface area contributed by atoms with Gasteiger partial charge in [-0.05, 0) is 60.9 Å². The van der Waals surface area contributed by atoms with Crippen LogP contribution in [0.15, 0.2) is 67.0 Å². The standard InChI is InChI=1S/C23H25N3O2/c1-28-21-13-9-18(10-14-21)22-6-3-2-4-16-25(22)23(27)19-7-11-20(12-8-19)26-17-5-15-24-26/h5,7-15,17,22H,2-4,6,16H2,1H3. The van der Waals surface area contributed by atoms with Crippen molar-refractivity contribution in [3.8, 4) is 11.4 Å². The Kier molecular flexibility index (Phi) is 5.42. The summed E-state index contributed by atoms with van der Waals surface area (Å²) in [5.41, 5.74) is 2.84. The molecule has 1 amide bonds. The maximum Gasteiger partial charge on any atom is 0.254 e. The molecule has 1 aliphatic heterocycles. The summed E-state index contributed by atoms with van der Waals surface area (Å²) in [5.74, 6) is 0.930. The van der Waals surface area contributed by atoms with Gasteiger partial charge in [-0.2, -0.15) is 5.10 Å². The average molecular weight is 375 g/mol. The van der Waals surface area contributed by atoms with Crippen molar-refractivity contribution in [1.82, 2.24) is 14.7 Å². The summed E-state index contributed by atoms with van der Waals surface area (Å²) in [7, 11) is 1.67. The highest BCUT2D eigenvalue weighted by Gasteiger charge is 2.27. The molecule has 144 valence electrons. The number of ether oxygens (including phenoxy) is 1.